The zero-order valence-electron chi connectivity index (χ0n) is 33.4. The van der Waals surface area contributed by atoms with Crippen LogP contribution in [0.3, 0.4) is 0 Å². The number of nitrogen functional groups attached to an aromatic ring is 1. The lowest BCUT2D eigenvalue weighted by atomic mass is 9.73. The number of esters is 1. The SMILES string of the molecule is COc1cc2cc(c1C)N(C)C(=O)C[C@H](OC(=O)[C@H](C)N(C)C(=O)c1ccccc1N)[C@](C)(O)[C@@H](C)[C@H](C)[C@@H]1C[C@@](O)(NC(=O)O1)[C@H](OC)/C=C/C=C(\C)C2. The molecule has 5 N–H and O–H groups in total. The summed E-state index contributed by atoms with van der Waals surface area (Å²) in [6, 6.07) is 9.08. The lowest BCUT2D eigenvalue weighted by Crippen LogP contribution is -2.64. The highest BCUT2D eigenvalue weighted by Crippen LogP contribution is 2.39. The molecule has 3 amide bonds. The van der Waals surface area contributed by atoms with Crippen molar-refractivity contribution >= 4 is 35.3 Å². The number of ether oxygens (including phenoxy) is 4. The number of hydrogen-bond donors (Lipinski definition) is 4. The molecule has 1 fully saturated rings. The molecule has 2 aromatic rings. The molecule has 14 nitrogen and oxygen atoms in total. The van der Waals surface area contributed by atoms with E-state index in [4.69, 9.17) is 24.7 Å². The molecule has 300 valence electrons. The molecule has 0 saturated carbocycles. The zero-order valence-corrected chi connectivity index (χ0v) is 33.4. The normalized spacial score (nSPS) is 29.9. The highest BCUT2D eigenvalue weighted by atomic mass is 16.6. The van der Waals surface area contributed by atoms with E-state index in [1.165, 1.54) is 37.8 Å². The van der Waals surface area contributed by atoms with Crippen LogP contribution in [0.2, 0.25) is 0 Å². The first kappa shape index (κ1) is 42.8. The van der Waals surface area contributed by atoms with Gasteiger partial charge in [-0.15, -0.1) is 0 Å². The highest BCUT2D eigenvalue weighted by molar-refractivity contribution is 6.01. The van der Waals surface area contributed by atoms with Crippen molar-refractivity contribution in [2.75, 3.05) is 38.9 Å². The summed E-state index contributed by atoms with van der Waals surface area (Å²) in [5.74, 6) is -2.78. The lowest BCUT2D eigenvalue weighted by Gasteiger charge is -2.46. The molecule has 0 aromatic heterocycles. The minimum Gasteiger partial charge on any atom is -0.496 e. The van der Waals surface area contributed by atoms with E-state index in [1.54, 1.807) is 64.4 Å². The average molecular weight is 765 g/mol. The van der Waals surface area contributed by atoms with Crippen LogP contribution in [0.15, 0.2) is 60.2 Å². The molecule has 1 saturated heterocycles. The summed E-state index contributed by atoms with van der Waals surface area (Å²) in [5.41, 5.74) is 5.70. The summed E-state index contributed by atoms with van der Waals surface area (Å²) in [5, 5.41) is 26.7. The minimum absolute atomic E-state index is 0.116. The Morgan fingerprint density at radius 3 is 2.44 bits per heavy atom. The van der Waals surface area contributed by atoms with Gasteiger partial charge in [0.2, 0.25) is 5.91 Å². The third-order valence-electron chi connectivity index (χ3n) is 11.3. The fourth-order valence-corrected chi connectivity index (χ4v) is 7.15. The first-order chi connectivity index (χ1) is 25.7. The molecule has 0 unspecified atom stereocenters. The molecule has 4 bridgehead atoms. The van der Waals surface area contributed by atoms with Gasteiger partial charge in [0, 0.05) is 38.9 Å². The number of methoxy groups -OCH3 is 2. The molecule has 4 rings (SSSR count). The second-order valence-corrected chi connectivity index (χ2v) is 15.0. The summed E-state index contributed by atoms with van der Waals surface area (Å²) in [7, 11) is 5.99. The Morgan fingerprint density at radius 1 is 1.13 bits per heavy atom. The van der Waals surface area contributed by atoms with Gasteiger partial charge in [0.25, 0.3) is 5.91 Å². The van der Waals surface area contributed by atoms with Gasteiger partial charge in [-0.05, 0) is 75.8 Å². The van der Waals surface area contributed by atoms with Gasteiger partial charge in [-0.25, -0.2) is 9.59 Å². The first-order valence-corrected chi connectivity index (χ1v) is 18.3. The molecular formula is C41H56N4O10. The van der Waals surface area contributed by atoms with E-state index >= 15 is 0 Å². The number of fused-ring (bicyclic) bond motifs is 4. The van der Waals surface area contributed by atoms with Crippen LogP contribution in [-0.2, 0) is 30.2 Å². The van der Waals surface area contributed by atoms with E-state index in [-0.39, 0.29) is 17.7 Å². The Bertz CT molecular complexity index is 1830. The number of amides is 3. The van der Waals surface area contributed by atoms with Crippen LogP contribution in [0.1, 0.15) is 68.9 Å². The number of alkyl carbamates (subject to hydrolysis) is 1. The van der Waals surface area contributed by atoms with Crippen LogP contribution < -0.4 is 20.7 Å². The number of para-hydroxylation sites is 1. The lowest BCUT2D eigenvalue weighted by molar-refractivity contribution is -0.185. The van der Waals surface area contributed by atoms with Crippen LogP contribution >= 0.6 is 0 Å². The largest absolute Gasteiger partial charge is 0.496 e. The number of carbonyl (C=O) groups is 4. The molecule has 2 aliphatic rings. The van der Waals surface area contributed by atoms with Crippen LogP contribution in [0.4, 0.5) is 16.2 Å². The van der Waals surface area contributed by atoms with Crippen LogP contribution in [0.25, 0.3) is 0 Å². The van der Waals surface area contributed by atoms with Gasteiger partial charge >= 0.3 is 12.1 Å². The summed E-state index contributed by atoms with van der Waals surface area (Å²) in [6.07, 6.45) is 0.907. The maximum absolute atomic E-state index is 14.3. The van der Waals surface area contributed by atoms with Crippen molar-refractivity contribution in [3.63, 3.8) is 0 Å². The number of nitrogens with two attached hydrogens (primary N) is 1. The Balaban J connectivity index is 1.80. The number of benzene rings is 2. The van der Waals surface area contributed by atoms with Crippen LogP contribution in [0, 0.1) is 18.8 Å². The standard InChI is InChI=1S/C41H56N4O10/c1-23-14-13-17-34(53-10)41(51)22-33(54-39(49)43-41)24(2)26(4)40(6,50)35(21-36(46)45(8)31-19-28(18-23)20-32(52-9)25(31)3)55-38(48)27(5)44(7)37(47)29-15-11-12-16-30(29)42/h11-17,19-20,24,26-27,33-35,50-51H,18,21-22,42H2,1-10H3,(H,43,49)/b17-13+,23-14+/t24-,26-,27-,33-,34+,35-,40+,41-/m0/s1. The molecule has 2 aromatic carbocycles. The van der Waals surface area contributed by atoms with Gasteiger partial charge in [0.05, 0.1) is 24.8 Å². The summed E-state index contributed by atoms with van der Waals surface area (Å²) in [6.45, 7) is 10.1. The molecule has 2 aliphatic heterocycles. The van der Waals surface area contributed by atoms with E-state index in [0.717, 1.165) is 11.1 Å². The maximum Gasteiger partial charge on any atom is 0.409 e. The number of nitrogens with zero attached hydrogens (tertiary/aromatic N) is 2. The Morgan fingerprint density at radius 2 is 1.80 bits per heavy atom. The number of aliphatic hydroxyl groups is 2. The van der Waals surface area contributed by atoms with Crippen molar-refractivity contribution in [2.45, 2.75) is 96.5 Å². The summed E-state index contributed by atoms with van der Waals surface area (Å²) in [4.78, 5) is 57.1. The van der Waals surface area contributed by atoms with E-state index in [2.05, 4.69) is 5.32 Å². The third-order valence-corrected chi connectivity index (χ3v) is 11.3. The number of hydrogen-bond acceptors (Lipinski definition) is 11. The molecule has 55 heavy (non-hydrogen) atoms. The molecule has 2 heterocycles. The van der Waals surface area contributed by atoms with Gasteiger partial charge in [-0.1, -0.05) is 49.8 Å². The van der Waals surface area contributed by atoms with E-state index in [0.29, 0.717) is 23.4 Å². The van der Waals surface area contributed by atoms with E-state index < -0.39 is 77.8 Å². The molecule has 14 heteroatoms. The second kappa shape index (κ2) is 17.3. The Kier molecular flexibility index (Phi) is 13.4. The monoisotopic (exact) mass is 764 g/mol. The van der Waals surface area contributed by atoms with Gasteiger partial charge in [0.15, 0.2) is 5.72 Å². The predicted molar refractivity (Wildman–Crippen MR) is 207 cm³/mol. The van der Waals surface area contributed by atoms with Crippen molar-refractivity contribution in [3.8, 4) is 5.75 Å². The minimum atomic E-state index is -1.92. The topological polar surface area (TPSA) is 190 Å². The number of carbonyl (C=O) groups excluding carboxylic acids is 4. The first-order valence-electron chi connectivity index (χ1n) is 18.3. The smallest absolute Gasteiger partial charge is 0.409 e. The summed E-state index contributed by atoms with van der Waals surface area (Å²) < 4.78 is 23.0. The van der Waals surface area contributed by atoms with Crippen molar-refractivity contribution in [3.05, 3.63) is 76.9 Å². The Labute approximate surface area is 323 Å². The fraction of sp³-hybridized carbons (Fsp3) is 0.512. The molecule has 0 spiro atoms. The summed E-state index contributed by atoms with van der Waals surface area (Å²) >= 11 is 0. The van der Waals surface area contributed by atoms with Gasteiger partial charge in [-0.3, -0.25) is 14.9 Å². The van der Waals surface area contributed by atoms with Gasteiger partial charge in [-0.2, -0.15) is 0 Å². The van der Waals surface area contributed by atoms with E-state index in [1.807, 2.05) is 32.1 Å². The average Bonchev–Trinajstić information content (AvgIpc) is 3.14. The molecule has 0 radical (unpaired) electrons. The number of allylic oxidation sites excluding steroid dienone is 3. The van der Waals surface area contributed by atoms with Crippen molar-refractivity contribution in [1.29, 1.82) is 0 Å². The van der Waals surface area contributed by atoms with Crippen molar-refractivity contribution < 1.29 is 48.3 Å². The predicted octanol–water partition coefficient (Wildman–Crippen LogP) is 4.30. The van der Waals surface area contributed by atoms with Crippen molar-refractivity contribution in [2.24, 2.45) is 11.8 Å². The van der Waals surface area contributed by atoms with Gasteiger partial charge in [0.1, 0.15) is 35.7 Å². The molecule has 8 atom stereocenters. The Hall–Kier alpha value is -4.92. The van der Waals surface area contributed by atoms with E-state index in [9.17, 15) is 29.4 Å². The van der Waals surface area contributed by atoms with Crippen LogP contribution in [-0.4, -0.2) is 103 Å². The number of rotatable bonds is 6. The molecule has 0 aliphatic carbocycles. The third kappa shape index (κ3) is 9.31. The highest BCUT2D eigenvalue weighted by Gasteiger charge is 2.51. The maximum atomic E-state index is 14.3. The number of anilines is 2. The van der Waals surface area contributed by atoms with Crippen molar-refractivity contribution in [1.82, 2.24) is 10.2 Å². The number of nitrogens with one attached hydrogen (secondary N) is 1. The van der Waals surface area contributed by atoms with Gasteiger partial charge < -0.3 is 44.7 Å². The van der Waals surface area contributed by atoms with Crippen LogP contribution in [0.5, 0.6) is 5.75 Å². The number of likely N-dealkylation sites (N-methyl/N-ethyl adjacent to an activating group) is 1. The fourth-order valence-electron chi connectivity index (χ4n) is 7.15. The quantitative estimate of drug-likeness (QED) is 0.243. The molecular weight excluding hydrogens is 708 g/mol. The second-order valence-electron chi connectivity index (χ2n) is 15.0. The zero-order chi connectivity index (χ0) is 41.0.